The predicted octanol–water partition coefficient (Wildman–Crippen LogP) is 13.9. The Hall–Kier alpha value is -6.70. The number of para-hydroxylation sites is 1. The molecule has 0 unspecified atom stereocenters. The minimum atomic E-state index is 1.17. The van der Waals surface area contributed by atoms with Gasteiger partial charge in [0.05, 0.1) is 11.0 Å². The van der Waals surface area contributed by atoms with Crippen LogP contribution >= 0.6 is 0 Å². The zero-order chi connectivity index (χ0) is 33.5. The summed E-state index contributed by atoms with van der Waals surface area (Å²) in [6, 6.07) is 69.2. The molecule has 0 atom stereocenters. The molecule has 11 aromatic rings. The molecule has 0 fully saturated rings. The summed E-state index contributed by atoms with van der Waals surface area (Å²) in [5.41, 5.74) is 8.63. The van der Waals surface area contributed by atoms with E-state index in [0.717, 1.165) is 0 Å². The van der Waals surface area contributed by atoms with Crippen molar-refractivity contribution in [3.8, 4) is 27.9 Å². The highest BCUT2D eigenvalue weighted by atomic mass is 15.0. The van der Waals surface area contributed by atoms with Crippen LogP contribution < -0.4 is 0 Å². The van der Waals surface area contributed by atoms with Gasteiger partial charge in [-0.2, -0.15) is 0 Å². The Morgan fingerprint density at radius 2 is 0.667 bits per heavy atom. The number of hydrogen-bond donors (Lipinski definition) is 0. The molecule has 0 bridgehead atoms. The van der Waals surface area contributed by atoms with Crippen molar-refractivity contribution >= 4 is 75.7 Å². The first-order chi connectivity index (χ1) is 25.3. The lowest BCUT2D eigenvalue weighted by Gasteiger charge is -2.18. The van der Waals surface area contributed by atoms with Gasteiger partial charge >= 0.3 is 0 Å². The number of hydrogen-bond acceptors (Lipinski definition) is 0. The highest BCUT2D eigenvalue weighted by Crippen LogP contribution is 2.45. The smallest absolute Gasteiger partial charge is 0.0541 e. The molecule has 1 nitrogen and oxygen atoms in total. The molecule has 0 saturated heterocycles. The van der Waals surface area contributed by atoms with Crippen LogP contribution in [0.3, 0.4) is 0 Å². The molecule has 0 spiro atoms. The number of rotatable bonds is 3. The Kier molecular flexibility index (Phi) is 6.02. The maximum Gasteiger partial charge on any atom is 0.0541 e. The van der Waals surface area contributed by atoms with Crippen LogP contribution in [0, 0.1) is 0 Å². The second-order valence-corrected chi connectivity index (χ2v) is 13.6. The SMILES string of the molecule is c1ccc(-c2c3ccccc3c(-c3ccc4c(c3)c3ccccc3n4-c3ccc4c5ccccc5c5ccccc5c4c3)c3ccccc23)cc1. The minimum Gasteiger partial charge on any atom is -0.309 e. The highest BCUT2D eigenvalue weighted by molar-refractivity contribution is 6.26. The normalized spacial score (nSPS) is 11.9. The third-order valence-corrected chi connectivity index (χ3v) is 10.9. The van der Waals surface area contributed by atoms with E-state index in [2.05, 4.69) is 193 Å². The van der Waals surface area contributed by atoms with Crippen molar-refractivity contribution in [1.29, 1.82) is 0 Å². The summed E-state index contributed by atoms with van der Waals surface area (Å²) in [4.78, 5) is 0. The average Bonchev–Trinajstić information content (AvgIpc) is 3.54. The maximum atomic E-state index is 2.45. The Bertz CT molecular complexity index is 3090. The van der Waals surface area contributed by atoms with E-state index < -0.39 is 0 Å². The summed E-state index contributed by atoms with van der Waals surface area (Å²) in [6.07, 6.45) is 0. The second-order valence-electron chi connectivity index (χ2n) is 13.6. The summed E-state index contributed by atoms with van der Waals surface area (Å²) in [5.74, 6) is 0. The molecule has 0 aliphatic rings. The van der Waals surface area contributed by atoms with Crippen molar-refractivity contribution in [3.63, 3.8) is 0 Å². The van der Waals surface area contributed by atoms with Gasteiger partial charge in [-0.05, 0) is 106 Å². The van der Waals surface area contributed by atoms with Gasteiger partial charge in [-0.3, -0.25) is 0 Å². The van der Waals surface area contributed by atoms with Gasteiger partial charge in [0.15, 0.2) is 0 Å². The molecule has 0 saturated carbocycles. The molecule has 1 heterocycles. The van der Waals surface area contributed by atoms with E-state index in [1.165, 1.54) is 104 Å². The topological polar surface area (TPSA) is 4.93 Å². The molecular formula is C50H31N. The zero-order valence-corrected chi connectivity index (χ0v) is 27.8. The zero-order valence-electron chi connectivity index (χ0n) is 27.8. The molecule has 1 heteroatoms. The summed E-state index contributed by atoms with van der Waals surface area (Å²) in [5, 5.41) is 15.3. The van der Waals surface area contributed by atoms with Crippen LogP contribution in [0.25, 0.3) is 104 Å². The van der Waals surface area contributed by atoms with Gasteiger partial charge in [0.1, 0.15) is 0 Å². The van der Waals surface area contributed by atoms with E-state index in [4.69, 9.17) is 0 Å². The van der Waals surface area contributed by atoms with Crippen molar-refractivity contribution in [2.24, 2.45) is 0 Å². The molecule has 0 amide bonds. The highest BCUT2D eigenvalue weighted by Gasteiger charge is 2.19. The largest absolute Gasteiger partial charge is 0.309 e. The van der Waals surface area contributed by atoms with Gasteiger partial charge in [0.25, 0.3) is 0 Å². The van der Waals surface area contributed by atoms with Gasteiger partial charge in [-0.15, -0.1) is 0 Å². The van der Waals surface area contributed by atoms with Crippen LogP contribution in [0.15, 0.2) is 188 Å². The van der Waals surface area contributed by atoms with Crippen LogP contribution in [-0.4, -0.2) is 4.57 Å². The standard InChI is InChI=1S/C50H31N/c1-2-14-32(15-3-1)49-41-21-8-10-23-43(41)50(44-24-11-9-22-42(44)49)33-26-29-48-46(30-33)40-20-12-13-25-47(40)51(48)34-27-28-39-37-18-5-4-16-35(37)36-17-6-7-19-38(36)45(39)31-34/h1-31H. The van der Waals surface area contributed by atoms with Gasteiger partial charge in [-0.1, -0.05) is 158 Å². The second kappa shape index (κ2) is 10.9. The first-order valence-electron chi connectivity index (χ1n) is 17.7. The molecule has 10 aromatic carbocycles. The fourth-order valence-corrected chi connectivity index (χ4v) is 8.80. The van der Waals surface area contributed by atoms with Gasteiger partial charge in [0.2, 0.25) is 0 Å². The van der Waals surface area contributed by atoms with E-state index in [-0.39, 0.29) is 0 Å². The Balaban J connectivity index is 1.19. The number of fused-ring (bicyclic) bond motifs is 11. The van der Waals surface area contributed by atoms with E-state index >= 15 is 0 Å². The first kappa shape index (κ1) is 28.2. The molecule has 0 aliphatic heterocycles. The lowest BCUT2D eigenvalue weighted by Crippen LogP contribution is -1.95. The lowest BCUT2D eigenvalue weighted by atomic mass is 9.86. The Morgan fingerprint density at radius 1 is 0.235 bits per heavy atom. The van der Waals surface area contributed by atoms with Gasteiger partial charge in [0, 0.05) is 16.5 Å². The average molecular weight is 646 g/mol. The van der Waals surface area contributed by atoms with Crippen LogP contribution in [-0.2, 0) is 0 Å². The van der Waals surface area contributed by atoms with Crippen LogP contribution in [0.4, 0.5) is 0 Å². The quantitative estimate of drug-likeness (QED) is 0.133. The van der Waals surface area contributed by atoms with Crippen molar-refractivity contribution in [1.82, 2.24) is 4.57 Å². The number of aromatic nitrogens is 1. The minimum absolute atomic E-state index is 1.17. The summed E-state index contributed by atoms with van der Waals surface area (Å²) in [7, 11) is 0. The third-order valence-electron chi connectivity index (χ3n) is 10.9. The maximum absolute atomic E-state index is 2.45. The molecule has 0 aliphatic carbocycles. The van der Waals surface area contributed by atoms with E-state index in [9.17, 15) is 0 Å². The van der Waals surface area contributed by atoms with E-state index in [1.807, 2.05) is 0 Å². The molecule has 0 N–H and O–H groups in total. The molecule has 11 rings (SSSR count). The van der Waals surface area contributed by atoms with Gasteiger partial charge in [-0.25, -0.2) is 0 Å². The molecular weight excluding hydrogens is 615 g/mol. The van der Waals surface area contributed by atoms with Gasteiger partial charge < -0.3 is 4.57 Å². The van der Waals surface area contributed by atoms with Crippen LogP contribution in [0.2, 0.25) is 0 Å². The first-order valence-corrected chi connectivity index (χ1v) is 17.7. The van der Waals surface area contributed by atoms with Crippen molar-refractivity contribution in [2.45, 2.75) is 0 Å². The molecule has 0 radical (unpaired) electrons. The fraction of sp³-hybridized carbons (Fsp3) is 0. The number of benzene rings is 10. The van der Waals surface area contributed by atoms with Crippen LogP contribution in [0.1, 0.15) is 0 Å². The van der Waals surface area contributed by atoms with Crippen molar-refractivity contribution < 1.29 is 0 Å². The van der Waals surface area contributed by atoms with Crippen molar-refractivity contribution in [2.75, 3.05) is 0 Å². The Morgan fingerprint density at radius 3 is 1.25 bits per heavy atom. The number of nitrogens with zero attached hydrogens (tertiary/aromatic N) is 1. The molecule has 51 heavy (non-hydrogen) atoms. The summed E-state index contributed by atoms with van der Waals surface area (Å²) < 4.78 is 2.45. The summed E-state index contributed by atoms with van der Waals surface area (Å²) in [6.45, 7) is 0. The third kappa shape index (κ3) is 4.09. The monoisotopic (exact) mass is 645 g/mol. The van der Waals surface area contributed by atoms with Crippen LogP contribution in [0.5, 0.6) is 0 Å². The molecule has 1 aromatic heterocycles. The lowest BCUT2D eigenvalue weighted by molar-refractivity contribution is 1.19. The van der Waals surface area contributed by atoms with E-state index in [0.29, 0.717) is 0 Å². The molecule has 236 valence electrons. The Labute approximate surface area is 295 Å². The van der Waals surface area contributed by atoms with E-state index in [1.54, 1.807) is 0 Å². The fourth-order valence-electron chi connectivity index (χ4n) is 8.80. The summed E-state index contributed by atoms with van der Waals surface area (Å²) >= 11 is 0. The van der Waals surface area contributed by atoms with Crippen molar-refractivity contribution in [3.05, 3.63) is 188 Å². The predicted molar refractivity (Wildman–Crippen MR) is 219 cm³/mol.